The van der Waals surface area contributed by atoms with Crippen molar-refractivity contribution in [3.05, 3.63) is 126 Å². The Labute approximate surface area is 215 Å². The first-order valence-corrected chi connectivity index (χ1v) is 11.8. The number of hydrazone groups is 1. The van der Waals surface area contributed by atoms with E-state index in [2.05, 4.69) is 10.5 Å². The highest BCUT2D eigenvalue weighted by molar-refractivity contribution is 6.07. The molecule has 4 aromatic carbocycles. The SMILES string of the molecule is COc1cc(/C=N/NC(=O)c2cc(-c3ccccc3)nc3ccccc23)ccc1OCc1ccccc1. The Balaban J connectivity index is 1.33. The van der Waals surface area contributed by atoms with E-state index in [9.17, 15) is 4.79 Å². The average molecular weight is 488 g/mol. The fourth-order valence-corrected chi connectivity index (χ4v) is 3.96. The maximum atomic E-state index is 13.1. The van der Waals surface area contributed by atoms with Gasteiger partial charge in [-0.25, -0.2) is 10.4 Å². The molecule has 1 amide bonds. The number of para-hydroxylation sites is 1. The molecule has 0 bridgehead atoms. The van der Waals surface area contributed by atoms with Crippen molar-refractivity contribution in [3.8, 4) is 22.8 Å². The van der Waals surface area contributed by atoms with Crippen molar-refractivity contribution in [1.82, 2.24) is 10.4 Å². The zero-order valence-electron chi connectivity index (χ0n) is 20.3. The number of fused-ring (bicyclic) bond motifs is 1. The monoisotopic (exact) mass is 487 g/mol. The molecule has 5 aromatic rings. The molecule has 5 rings (SSSR count). The molecule has 0 radical (unpaired) electrons. The van der Waals surface area contributed by atoms with Gasteiger partial charge in [0.15, 0.2) is 11.5 Å². The van der Waals surface area contributed by atoms with Crippen molar-refractivity contribution < 1.29 is 14.3 Å². The van der Waals surface area contributed by atoms with Gasteiger partial charge in [-0.05, 0) is 41.5 Å². The maximum absolute atomic E-state index is 13.1. The fourth-order valence-electron chi connectivity index (χ4n) is 3.96. The number of nitrogens with zero attached hydrogens (tertiary/aromatic N) is 2. The third-order valence-corrected chi connectivity index (χ3v) is 5.83. The summed E-state index contributed by atoms with van der Waals surface area (Å²) < 4.78 is 11.4. The molecule has 0 saturated heterocycles. The zero-order chi connectivity index (χ0) is 25.5. The molecule has 0 atom stereocenters. The number of ether oxygens (including phenoxy) is 2. The quantitative estimate of drug-likeness (QED) is 0.207. The Kier molecular flexibility index (Phi) is 7.18. The molecule has 0 saturated carbocycles. The van der Waals surface area contributed by atoms with Crippen LogP contribution in [0.2, 0.25) is 0 Å². The highest BCUT2D eigenvalue weighted by Gasteiger charge is 2.13. The van der Waals surface area contributed by atoms with Crippen LogP contribution in [0, 0.1) is 0 Å². The molecule has 6 nitrogen and oxygen atoms in total. The lowest BCUT2D eigenvalue weighted by molar-refractivity contribution is 0.0956. The number of hydrogen-bond donors (Lipinski definition) is 1. The lowest BCUT2D eigenvalue weighted by atomic mass is 10.0. The molecule has 37 heavy (non-hydrogen) atoms. The van der Waals surface area contributed by atoms with Crippen molar-refractivity contribution in [1.29, 1.82) is 0 Å². The predicted octanol–water partition coefficient (Wildman–Crippen LogP) is 6.25. The van der Waals surface area contributed by atoms with Crippen molar-refractivity contribution >= 4 is 23.0 Å². The smallest absolute Gasteiger partial charge is 0.272 e. The first kappa shape index (κ1) is 23.8. The minimum atomic E-state index is -0.318. The maximum Gasteiger partial charge on any atom is 0.272 e. The van der Waals surface area contributed by atoms with Gasteiger partial charge in [-0.3, -0.25) is 4.79 Å². The van der Waals surface area contributed by atoms with Crippen LogP contribution in [0.3, 0.4) is 0 Å². The molecule has 1 heterocycles. The molecule has 0 spiro atoms. The van der Waals surface area contributed by atoms with E-state index >= 15 is 0 Å². The van der Waals surface area contributed by atoms with Crippen LogP contribution in [0.1, 0.15) is 21.5 Å². The molecule has 6 heteroatoms. The molecular formula is C31H25N3O3. The highest BCUT2D eigenvalue weighted by Crippen LogP contribution is 2.28. The molecule has 0 aliphatic rings. The summed E-state index contributed by atoms with van der Waals surface area (Å²) in [5.74, 6) is 0.893. The van der Waals surface area contributed by atoms with Gasteiger partial charge in [0.05, 0.1) is 30.1 Å². The van der Waals surface area contributed by atoms with Crippen LogP contribution < -0.4 is 14.9 Å². The van der Waals surface area contributed by atoms with Gasteiger partial charge in [0, 0.05) is 10.9 Å². The molecule has 182 valence electrons. The Hall–Kier alpha value is -4.97. The van der Waals surface area contributed by atoms with E-state index < -0.39 is 0 Å². The number of rotatable bonds is 8. The van der Waals surface area contributed by atoms with Gasteiger partial charge in [-0.15, -0.1) is 0 Å². The van der Waals surface area contributed by atoms with Crippen LogP contribution in [0.5, 0.6) is 11.5 Å². The fraction of sp³-hybridized carbons (Fsp3) is 0.0645. The van der Waals surface area contributed by atoms with Crippen LogP contribution in [-0.2, 0) is 6.61 Å². The third kappa shape index (κ3) is 5.65. The second kappa shape index (κ2) is 11.2. The first-order valence-electron chi connectivity index (χ1n) is 11.8. The minimum absolute atomic E-state index is 0.318. The summed E-state index contributed by atoms with van der Waals surface area (Å²) in [7, 11) is 1.59. The van der Waals surface area contributed by atoms with E-state index in [1.807, 2.05) is 103 Å². The Morgan fingerprint density at radius 1 is 0.865 bits per heavy atom. The highest BCUT2D eigenvalue weighted by atomic mass is 16.5. The molecule has 0 aliphatic heterocycles. The summed E-state index contributed by atoms with van der Waals surface area (Å²) in [5, 5.41) is 4.95. The van der Waals surface area contributed by atoms with E-state index in [0.29, 0.717) is 23.7 Å². The van der Waals surface area contributed by atoms with Crippen LogP contribution in [0.15, 0.2) is 114 Å². The molecule has 1 N–H and O–H groups in total. The predicted molar refractivity (Wildman–Crippen MR) is 146 cm³/mol. The van der Waals surface area contributed by atoms with Crippen LogP contribution >= 0.6 is 0 Å². The minimum Gasteiger partial charge on any atom is -0.493 e. The zero-order valence-corrected chi connectivity index (χ0v) is 20.3. The van der Waals surface area contributed by atoms with E-state index in [1.165, 1.54) is 0 Å². The van der Waals surface area contributed by atoms with E-state index in [1.54, 1.807) is 19.4 Å². The molecule has 1 aromatic heterocycles. The summed E-state index contributed by atoms with van der Waals surface area (Å²) in [5.41, 5.74) is 7.38. The lowest BCUT2D eigenvalue weighted by Gasteiger charge is -2.11. The molecular weight excluding hydrogens is 462 g/mol. The topological polar surface area (TPSA) is 72.8 Å². The first-order chi connectivity index (χ1) is 18.2. The summed E-state index contributed by atoms with van der Waals surface area (Å²) in [4.78, 5) is 17.9. The molecule has 0 aliphatic carbocycles. The number of methoxy groups -OCH3 is 1. The second-order valence-electron chi connectivity index (χ2n) is 8.32. The van der Waals surface area contributed by atoms with Crippen LogP contribution in [0.25, 0.3) is 22.2 Å². The Morgan fingerprint density at radius 2 is 1.59 bits per heavy atom. The Bertz CT molecular complexity index is 1550. The second-order valence-corrected chi connectivity index (χ2v) is 8.32. The van der Waals surface area contributed by atoms with E-state index in [-0.39, 0.29) is 5.91 Å². The average Bonchev–Trinajstić information content (AvgIpc) is 2.96. The van der Waals surface area contributed by atoms with Crippen molar-refractivity contribution in [2.45, 2.75) is 6.61 Å². The van der Waals surface area contributed by atoms with Gasteiger partial charge in [0.1, 0.15) is 6.61 Å². The normalized spacial score (nSPS) is 10.9. The standard InChI is InChI=1S/C31H25N3O3/c1-36-30-18-23(16-17-29(30)37-21-22-10-4-2-5-11-22)20-32-34-31(35)26-19-28(24-12-6-3-7-13-24)33-27-15-9-8-14-25(26)27/h2-20H,21H2,1H3,(H,34,35)/b32-20+. The largest absolute Gasteiger partial charge is 0.493 e. The number of aromatic nitrogens is 1. The summed E-state index contributed by atoms with van der Waals surface area (Å²) >= 11 is 0. The van der Waals surface area contributed by atoms with Gasteiger partial charge in [-0.1, -0.05) is 78.9 Å². The van der Waals surface area contributed by atoms with Crippen molar-refractivity contribution in [2.24, 2.45) is 5.10 Å². The summed E-state index contributed by atoms with van der Waals surface area (Å²) in [6.07, 6.45) is 1.57. The molecule has 0 fully saturated rings. The summed E-state index contributed by atoms with van der Waals surface area (Å²) in [6.45, 7) is 0.436. The van der Waals surface area contributed by atoms with Gasteiger partial charge >= 0.3 is 0 Å². The van der Waals surface area contributed by atoms with Gasteiger partial charge in [0.2, 0.25) is 0 Å². The number of amides is 1. The lowest BCUT2D eigenvalue weighted by Crippen LogP contribution is -2.18. The number of nitrogens with one attached hydrogen (secondary N) is 1. The number of pyridine rings is 1. The van der Waals surface area contributed by atoms with Gasteiger partial charge in [-0.2, -0.15) is 5.10 Å². The van der Waals surface area contributed by atoms with Crippen LogP contribution in [-0.4, -0.2) is 24.2 Å². The number of carbonyl (C=O) groups is 1. The van der Waals surface area contributed by atoms with E-state index in [0.717, 1.165) is 33.3 Å². The number of hydrogen-bond acceptors (Lipinski definition) is 5. The van der Waals surface area contributed by atoms with Gasteiger partial charge < -0.3 is 9.47 Å². The number of benzene rings is 4. The Morgan fingerprint density at radius 3 is 2.38 bits per heavy atom. The molecule has 0 unspecified atom stereocenters. The number of carbonyl (C=O) groups excluding carboxylic acids is 1. The van der Waals surface area contributed by atoms with Gasteiger partial charge in [0.25, 0.3) is 5.91 Å². The van der Waals surface area contributed by atoms with Crippen molar-refractivity contribution in [3.63, 3.8) is 0 Å². The summed E-state index contributed by atoms with van der Waals surface area (Å²) in [6, 6.07) is 34.6. The van der Waals surface area contributed by atoms with Crippen LogP contribution in [0.4, 0.5) is 0 Å². The third-order valence-electron chi connectivity index (χ3n) is 5.83. The van der Waals surface area contributed by atoms with E-state index in [4.69, 9.17) is 14.5 Å². The van der Waals surface area contributed by atoms with Crippen molar-refractivity contribution in [2.75, 3.05) is 7.11 Å².